The number of benzene rings is 1. The Morgan fingerprint density at radius 3 is 2.57 bits per heavy atom. The predicted molar refractivity (Wildman–Crippen MR) is 70.0 cm³/mol. The van der Waals surface area contributed by atoms with Crippen LogP contribution in [0.25, 0.3) is 0 Å². The number of rotatable bonds is 3. The molecule has 0 aromatic heterocycles. The van der Waals surface area contributed by atoms with Crippen LogP contribution in [0.3, 0.4) is 0 Å². The van der Waals surface area contributed by atoms with Gasteiger partial charge < -0.3 is 4.74 Å². The molecule has 0 unspecified atom stereocenters. The van der Waals surface area contributed by atoms with Crippen LogP contribution in [-0.2, 0) is 15.7 Å². The fourth-order valence-corrected chi connectivity index (χ4v) is 2.96. The van der Waals surface area contributed by atoms with Gasteiger partial charge in [-0.15, -0.1) is 0 Å². The standard InChI is InChI=1S/C15H14F3NO2/c1-2-21-13(20)14-7-11(14)8-19-12(14)9-3-5-10(6-4-9)15(16,17)18/h3-6,11H,2,7-8H2,1H3/t11-,14+/m1/s1. The minimum absolute atomic E-state index is 0.133. The van der Waals surface area contributed by atoms with Gasteiger partial charge in [0, 0.05) is 12.5 Å². The van der Waals surface area contributed by atoms with Crippen molar-refractivity contribution in [1.29, 1.82) is 0 Å². The number of esters is 1. The Morgan fingerprint density at radius 1 is 1.38 bits per heavy atom. The van der Waals surface area contributed by atoms with Crippen LogP contribution in [0, 0.1) is 11.3 Å². The second-order valence-electron chi connectivity index (χ2n) is 5.36. The fourth-order valence-electron chi connectivity index (χ4n) is 2.96. The molecule has 0 bridgehead atoms. The van der Waals surface area contributed by atoms with Crippen LogP contribution >= 0.6 is 0 Å². The van der Waals surface area contributed by atoms with Gasteiger partial charge >= 0.3 is 12.1 Å². The minimum Gasteiger partial charge on any atom is -0.465 e. The van der Waals surface area contributed by atoms with E-state index in [9.17, 15) is 18.0 Å². The topological polar surface area (TPSA) is 38.7 Å². The van der Waals surface area contributed by atoms with Crippen LogP contribution in [0.4, 0.5) is 13.2 Å². The van der Waals surface area contributed by atoms with Crippen molar-refractivity contribution in [2.75, 3.05) is 13.2 Å². The van der Waals surface area contributed by atoms with Gasteiger partial charge in [0.05, 0.1) is 17.9 Å². The SMILES string of the molecule is CCOC(=O)[C@@]12C[C@@H]1CN=C2c1ccc(C(F)(F)F)cc1. The summed E-state index contributed by atoms with van der Waals surface area (Å²) in [6.45, 7) is 2.55. The van der Waals surface area contributed by atoms with E-state index in [-0.39, 0.29) is 18.5 Å². The third-order valence-corrected chi connectivity index (χ3v) is 4.12. The van der Waals surface area contributed by atoms with Crippen molar-refractivity contribution in [2.45, 2.75) is 19.5 Å². The van der Waals surface area contributed by atoms with Crippen molar-refractivity contribution in [3.05, 3.63) is 35.4 Å². The van der Waals surface area contributed by atoms with Crippen LogP contribution in [0.2, 0.25) is 0 Å². The van der Waals surface area contributed by atoms with E-state index in [1.54, 1.807) is 6.92 Å². The first-order valence-corrected chi connectivity index (χ1v) is 6.79. The molecule has 1 aliphatic heterocycles. The highest BCUT2D eigenvalue weighted by Gasteiger charge is 2.67. The maximum Gasteiger partial charge on any atom is 0.416 e. The summed E-state index contributed by atoms with van der Waals surface area (Å²) >= 11 is 0. The normalized spacial score (nSPS) is 27.0. The molecule has 0 saturated heterocycles. The summed E-state index contributed by atoms with van der Waals surface area (Å²) in [6, 6.07) is 4.80. The smallest absolute Gasteiger partial charge is 0.416 e. The summed E-state index contributed by atoms with van der Waals surface area (Å²) in [5.41, 5.74) is -0.298. The van der Waals surface area contributed by atoms with E-state index in [1.165, 1.54) is 12.1 Å². The lowest BCUT2D eigenvalue weighted by Crippen LogP contribution is -2.28. The molecule has 0 spiro atoms. The van der Waals surface area contributed by atoms with Crippen molar-refractivity contribution in [1.82, 2.24) is 0 Å². The molecule has 0 N–H and O–H groups in total. The van der Waals surface area contributed by atoms with Gasteiger partial charge in [-0.25, -0.2) is 0 Å². The van der Waals surface area contributed by atoms with Crippen molar-refractivity contribution >= 4 is 11.7 Å². The molecule has 1 aromatic carbocycles. The lowest BCUT2D eigenvalue weighted by atomic mass is 9.92. The van der Waals surface area contributed by atoms with Crippen LogP contribution < -0.4 is 0 Å². The second kappa shape index (κ2) is 4.58. The Kier molecular flexibility index (Phi) is 3.07. The summed E-state index contributed by atoms with van der Waals surface area (Å²) in [5, 5.41) is 0. The summed E-state index contributed by atoms with van der Waals surface area (Å²) in [7, 11) is 0. The largest absolute Gasteiger partial charge is 0.465 e. The van der Waals surface area contributed by atoms with E-state index >= 15 is 0 Å². The minimum atomic E-state index is -4.36. The quantitative estimate of drug-likeness (QED) is 0.804. The van der Waals surface area contributed by atoms with Crippen molar-refractivity contribution in [3.8, 4) is 0 Å². The van der Waals surface area contributed by atoms with Gasteiger partial charge in [0.1, 0.15) is 5.41 Å². The molecule has 3 rings (SSSR count). The van der Waals surface area contributed by atoms with Gasteiger partial charge in [0.25, 0.3) is 0 Å². The molecule has 0 amide bonds. The first-order valence-electron chi connectivity index (χ1n) is 6.79. The number of hydrogen-bond acceptors (Lipinski definition) is 3. The molecule has 2 aliphatic rings. The summed E-state index contributed by atoms with van der Waals surface area (Å²) in [4.78, 5) is 16.5. The van der Waals surface area contributed by atoms with Gasteiger partial charge in [0.15, 0.2) is 0 Å². The summed E-state index contributed by atoms with van der Waals surface area (Å²) < 4.78 is 42.8. The molecular weight excluding hydrogens is 283 g/mol. The highest BCUT2D eigenvalue weighted by Crippen LogP contribution is 2.59. The van der Waals surface area contributed by atoms with E-state index in [1.807, 2.05) is 0 Å². The highest BCUT2D eigenvalue weighted by atomic mass is 19.4. The molecule has 1 aromatic rings. The number of carbonyl (C=O) groups excluding carboxylic acids is 1. The first-order chi connectivity index (χ1) is 9.89. The fraction of sp³-hybridized carbons (Fsp3) is 0.467. The Morgan fingerprint density at radius 2 is 2.05 bits per heavy atom. The Labute approximate surface area is 119 Å². The number of alkyl halides is 3. The molecule has 6 heteroatoms. The van der Waals surface area contributed by atoms with Gasteiger partial charge in [-0.2, -0.15) is 13.2 Å². The predicted octanol–water partition coefficient (Wildman–Crippen LogP) is 3.08. The van der Waals surface area contributed by atoms with Gasteiger partial charge in [-0.1, -0.05) is 12.1 Å². The van der Waals surface area contributed by atoms with E-state index in [0.717, 1.165) is 12.1 Å². The number of carbonyl (C=O) groups is 1. The first kappa shape index (κ1) is 14.1. The summed E-state index contributed by atoms with van der Waals surface area (Å²) in [5.74, 6) is -0.181. The number of fused-ring (bicyclic) bond motifs is 1. The van der Waals surface area contributed by atoms with Crippen molar-refractivity contribution in [3.63, 3.8) is 0 Å². The molecule has 3 nitrogen and oxygen atoms in total. The van der Waals surface area contributed by atoms with Crippen molar-refractivity contribution in [2.24, 2.45) is 16.3 Å². The number of hydrogen-bond donors (Lipinski definition) is 0. The van der Waals surface area contributed by atoms with Gasteiger partial charge in [-0.05, 0) is 31.0 Å². The number of aliphatic imine (C=N–C) groups is 1. The van der Waals surface area contributed by atoms with Gasteiger partial charge in [-0.3, -0.25) is 9.79 Å². The molecule has 112 valence electrons. The van der Waals surface area contributed by atoms with E-state index in [4.69, 9.17) is 4.74 Å². The zero-order chi connectivity index (χ0) is 15.3. The van der Waals surface area contributed by atoms with E-state index < -0.39 is 17.2 Å². The zero-order valence-electron chi connectivity index (χ0n) is 11.4. The monoisotopic (exact) mass is 297 g/mol. The Bertz CT molecular complexity index is 606. The third kappa shape index (κ3) is 2.13. The third-order valence-electron chi connectivity index (χ3n) is 4.12. The molecule has 1 aliphatic carbocycles. The van der Waals surface area contributed by atoms with Crippen LogP contribution in [0.1, 0.15) is 24.5 Å². The van der Waals surface area contributed by atoms with Crippen LogP contribution in [0.5, 0.6) is 0 Å². The summed E-state index contributed by atoms with van der Waals surface area (Å²) in [6.07, 6.45) is -3.69. The molecule has 21 heavy (non-hydrogen) atoms. The molecule has 1 saturated carbocycles. The highest BCUT2D eigenvalue weighted by molar-refractivity contribution is 6.19. The molecule has 1 fully saturated rings. The molecular formula is C15H14F3NO2. The number of nitrogens with zero attached hydrogens (tertiary/aromatic N) is 1. The molecule has 1 heterocycles. The number of halogens is 3. The van der Waals surface area contributed by atoms with Crippen LogP contribution in [0.15, 0.2) is 29.3 Å². The lowest BCUT2D eigenvalue weighted by Gasteiger charge is -2.15. The lowest BCUT2D eigenvalue weighted by molar-refractivity contribution is -0.147. The Hall–Kier alpha value is -1.85. The zero-order valence-corrected chi connectivity index (χ0v) is 11.4. The molecule has 2 atom stereocenters. The molecule has 0 radical (unpaired) electrons. The maximum atomic E-state index is 12.6. The van der Waals surface area contributed by atoms with Crippen LogP contribution in [-0.4, -0.2) is 24.8 Å². The van der Waals surface area contributed by atoms with E-state index in [2.05, 4.69) is 4.99 Å². The van der Waals surface area contributed by atoms with Crippen molar-refractivity contribution < 1.29 is 22.7 Å². The van der Waals surface area contributed by atoms with Gasteiger partial charge in [0.2, 0.25) is 0 Å². The maximum absolute atomic E-state index is 12.6. The average molecular weight is 297 g/mol. The van der Waals surface area contributed by atoms with E-state index in [0.29, 0.717) is 24.2 Å². The number of ether oxygens (including phenoxy) is 1. The average Bonchev–Trinajstić information content (AvgIpc) is 3.05. The second-order valence-corrected chi connectivity index (χ2v) is 5.36. The Balaban J connectivity index is 1.89.